The fourth-order valence-corrected chi connectivity index (χ4v) is 8.64. The van der Waals surface area contributed by atoms with E-state index in [2.05, 4.69) is 0 Å². The molecule has 3 aliphatic heterocycles. The maximum absolute atomic E-state index is 13.1. The Morgan fingerprint density at radius 2 is 0.861 bits per heavy atom. The fourth-order valence-electron chi connectivity index (χ4n) is 8.64. The predicted octanol–water partition coefficient (Wildman–Crippen LogP) is 2.20. The maximum Gasteiger partial charge on any atom is 0.306 e. The first-order chi connectivity index (χ1) is 33.8. The Morgan fingerprint density at radius 3 is 1.36 bits per heavy atom. The molecule has 3 saturated heterocycles. The van der Waals surface area contributed by atoms with E-state index in [1.54, 1.807) is 13.8 Å². The van der Waals surface area contributed by atoms with Gasteiger partial charge in [0.15, 0.2) is 37.0 Å². The largest absolute Gasteiger partial charge is 0.481 e. The van der Waals surface area contributed by atoms with Gasteiger partial charge in [0.25, 0.3) is 0 Å². The summed E-state index contributed by atoms with van der Waals surface area (Å²) in [4.78, 5) is 124. The van der Waals surface area contributed by atoms with Gasteiger partial charge in [0, 0.05) is 80.8 Å². The number of carbonyl (C=O) groups excluding carboxylic acids is 9. The topological polar surface area (TPSA) is 320 Å². The van der Waals surface area contributed by atoms with E-state index in [0.29, 0.717) is 32.1 Å². The number of carbonyl (C=O) groups is 10. The molecule has 72 heavy (non-hydrogen) atoms. The number of esters is 9. The molecule has 3 fully saturated rings. The van der Waals surface area contributed by atoms with E-state index in [0.717, 1.165) is 62.3 Å². The van der Waals surface area contributed by atoms with Gasteiger partial charge in [0.2, 0.25) is 0 Å². The Morgan fingerprint density at radius 1 is 0.444 bits per heavy atom. The summed E-state index contributed by atoms with van der Waals surface area (Å²) in [7, 11) is 0. The minimum absolute atomic E-state index is 0.0128. The molecule has 0 aromatic heterocycles. The molecule has 1 N–H and O–H groups in total. The summed E-state index contributed by atoms with van der Waals surface area (Å²) >= 11 is 0. The van der Waals surface area contributed by atoms with Crippen LogP contribution in [-0.4, -0.2) is 171 Å². The molecule has 408 valence electrons. The van der Waals surface area contributed by atoms with Crippen LogP contribution in [0.2, 0.25) is 0 Å². The van der Waals surface area contributed by atoms with Crippen molar-refractivity contribution >= 4 is 59.7 Å². The lowest BCUT2D eigenvalue weighted by Gasteiger charge is -2.50. The Bertz CT molecular complexity index is 1890. The number of unbranched alkanes of at least 4 members (excludes halogenated alkanes) is 3. The van der Waals surface area contributed by atoms with E-state index < -0.39 is 177 Å². The Balaban J connectivity index is 2.15. The second kappa shape index (κ2) is 29.3. The molecule has 0 aromatic carbocycles. The minimum Gasteiger partial charge on any atom is -0.481 e. The quantitative estimate of drug-likeness (QED) is 0.0778. The zero-order chi connectivity index (χ0) is 54.0. The third-order valence-electron chi connectivity index (χ3n) is 11.7. The van der Waals surface area contributed by atoms with Gasteiger partial charge in [-0.05, 0) is 19.3 Å². The molecule has 0 aromatic rings. The lowest BCUT2D eigenvalue weighted by atomic mass is 9.78. The SMILES string of the molecule is CC(=O)OCC1OC(OC2C(COC(C)=O)OC(OCCCCCCC(C)C(=O)O)C(OC(C)=O)C2OC(C)=O)C(OC(C)=O)C(OC(C)=O)C1CC1OC(COC(C)=O)C(OC(C)=O)C(OC(C)=O)C1C. The van der Waals surface area contributed by atoms with E-state index in [4.69, 9.17) is 66.3 Å². The van der Waals surface area contributed by atoms with Gasteiger partial charge in [-0.3, -0.25) is 47.9 Å². The van der Waals surface area contributed by atoms with Crippen LogP contribution >= 0.6 is 0 Å². The van der Waals surface area contributed by atoms with Crippen LogP contribution in [0.3, 0.4) is 0 Å². The molecule has 0 amide bonds. The third-order valence-corrected chi connectivity index (χ3v) is 11.7. The van der Waals surface area contributed by atoms with E-state index in [-0.39, 0.29) is 13.0 Å². The van der Waals surface area contributed by atoms with Crippen LogP contribution in [0, 0.1) is 17.8 Å². The maximum atomic E-state index is 13.1. The van der Waals surface area contributed by atoms with Crippen molar-refractivity contribution in [2.45, 2.75) is 194 Å². The molecule has 16 atom stereocenters. The number of carboxylic acid groups (broad SMARTS) is 1. The molecule has 3 aliphatic rings. The highest BCUT2D eigenvalue weighted by Gasteiger charge is 2.58. The summed E-state index contributed by atoms with van der Waals surface area (Å²) in [5.41, 5.74) is 0. The van der Waals surface area contributed by atoms with Crippen molar-refractivity contribution in [3.8, 4) is 0 Å². The molecule has 0 bridgehead atoms. The van der Waals surface area contributed by atoms with Crippen LogP contribution in [0.25, 0.3) is 0 Å². The molecular formula is C47H70O25. The molecule has 3 heterocycles. The number of hydrogen-bond acceptors (Lipinski definition) is 24. The van der Waals surface area contributed by atoms with Gasteiger partial charge in [0.05, 0.1) is 12.0 Å². The molecular weight excluding hydrogens is 964 g/mol. The molecule has 0 saturated carbocycles. The summed E-state index contributed by atoms with van der Waals surface area (Å²) in [5, 5.41) is 9.20. The highest BCUT2D eigenvalue weighted by atomic mass is 16.8. The first kappa shape index (κ1) is 60.8. The fraction of sp³-hybridized carbons (Fsp3) is 0.787. The lowest BCUT2D eigenvalue weighted by Crippen LogP contribution is -2.66. The van der Waals surface area contributed by atoms with Gasteiger partial charge >= 0.3 is 59.7 Å². The van der Waals surface area contributed by atoms with Gasteiger partial charge in [-0.15, -0.1) is 0 Å². The minimum atomic E-state index is -1.86. The average Bonchev–Trinajstić information content (AvgIpc) is 3.26. The lowest BCUT2D eigenvalue weighted by molar-refractivity contribution is -0.359. The van der Waals surface area contributed by atoms with Gasteiger partial charge in [-0.25, -0.2) is 0 Å². The summed E-state index contributed by atoms with van der Waals surface area (Å²) in [5.74, 6) is -10.8. The van der Waals surface area contributed by atoms with E-state index >= 15 is 0 Å². The first-order valence-corrected chi connectivity index (χ1v) is 23.7. The van der Waals surface area contributed by atoms with Crippen molar-refractivity contribution in [2.24, 2.45) is 17.8 Å². The number of ether oxygens (including phenoxy) is 14. The highest BCUT2D eigenvalue weighted by molar-refractivity contribution is 5.70. The molecule has 0 aliphatic carbocycles. The standard InChI is InChI=1S/C47H70O25/c1-22(45(57)58)16-14-12-13-15-17-59-46-44(68-32(11)56)42(66-30(9)54)41(37(71-46)21-62-26(5)50)72-47-43(67-31(10)55)39(64-28(7)52)33(35(70-47)19-60-24(3)48)18-34-23(2)38(63-27(6)51)40(65-29(8)53)36(69-34)20-61-25(4)49/h22-23,33-44,46-47H,12-21H2,1-11H3,(H,57,58). The molecule has 25 heteroatoms. The third kappa shape index (κ3) is 19.5. The van der Waals surface area contributed by atoms with E-state index in [1.165, 1.54) is 0 Å². The number of carboxylic acids is 1. The average molecular weight is 1040 g/mol. The van der Waals surface area contributed by atoms with Crippen molar-refractivity contribution in [1.82, 2.24) is 0 Å². The number of hydrogen-bond donors (Lipinski definition) is 1. The van der Waals surface area contributed by atoms with Crippen molar-refractivity contribution < 1.29 is 119 Å². The molecule has 0 spiro atoms. The zero-order valence-corrected chi connectivity index (χ0v) is 42.6. The molecule has 16 unspecified atom stereocenters. The van der Waals surface area contributed by atoms with E-state index in [9.17, 15) is 53.1 Å². The van der Waals surface area contributed by atoms with Crippen molar-refractivity contribution in [3.05, 3.63) is 0 Å². The predicted molar refractivity (Wildman–Crippen MR) is 237 cm³/mol. The Labute approximate surface area is 417 Å². The Kier molecular flexibility index (Phi) is 24.7. The second-order valence-electron chi connectivity index (χ2n) is 17.8. The van der Waals surface area contributed by atoms with Gasteiger partial charge in [0.1, 0.15) is 56.4 Å². The van der Waals surface area contributed by atoms with Gasteiger partial charge in [-0.2, -0.15) is 0 Å². The normalized spacial score (nSPS) is 30.5. The number of aliphatic carboxylic acids is 1. The zero-order valence-electron chi connectivity index (χ0n) is 42.6. The van der Waals surface area contributed by atoms with Crippen LogP contribution < -0.4 is 0 Å². The van der Waals surface area contributed by atoms with Crippen molar-refractivity contribution in [2.75, 3.05) is 26.4 Å². The molecule has 25 nitrogen and oxygen atoms in total. The van der Waals surface area contributed by atoms with Gasteiger partial charge in [-0.1, -0.05) is 33.1 Å². The summed E-state index contributed by atoms with van der Waals surface area (Å²) < 4.78 is 82.2. The van der Waals surface area contributed by atoms with E-state index in [1.807, 2.05) is 0 Å². The molecule has 3 rings (SSSR count). The molecule has 0 radical (unpaired) electrons. The van der Waals surface area contributed by atoms with Crippen LogP contribution in [0.15, 0.2) is 0 Å². The monoisotopic (exact) mass is 1030 g/mol. The Hall–Kier alpha value is -5.50. The first-order valence-electron chi connectivity index (χ1n) is 23.7. The van der Waals surface area contributed by atoms with Crippen LogP contribution in [0.1, 0.15) is 115 Å². The second-order valence-corrected chi connectivity index (χ2v) is 17.8. The summed E-state index contributed by atoms with van der Waals surface area (Å²) in [6.45, 7) is 11.5. The van der Waals surface area contributed by atoms with Gasteiger partial charge < -0.3 is 71.4 Å². The van der Waals surface area contributed by atoms with Crippen LogP contribution in [0.5, 0.6) is 0 Å². The van der Waals surface area contributed by atoms with Crippen molar-refractivity contribution in [1.29, 1.82) is 0 Å². The van der Waals surface area contributed by atoms with Crippen molar-refractivity contribution in [3.63, 3.8) is 0 Å². The van der Waals surface area contributed by atoms with Crippen LogP contribution in [0.4, 0.5) is 0 Å². The smallest absolute Gasteiger partial charge is 0.306 e. The highest BCUT2D eigenvalue weighted by Crippen LogP contribution is 2.42. The summed E-state index contributed by atoms with van der Waals surface area (Å²) in [6.07, 6.45) is -16.4. The summed E-state index contributed by atoms with van der Waals surface area (Å²) in [6, 6.07) is 0. The number of rotatable bonds is 25. The van der Waals surface area contributed by atoms with Crippen LogP contribution in [-0.2, 0) is 114 Å².